The van der Waals surface area contributed by atoms with Crippen molar-refractivity contribution < 1.29 is 19.1 Å². The fourth-order valence-corrected chi connectivity index (χ4v) is 2.91. The van der Waals surface area contributed by atoms with Gasteiger partial charge in [-0.1, -0.05) is 6.07 Å². The number of carbonyl (C=O) groups is 2. The average molecular weight is 316 g/mol. The Morgan fingerprint density at radius 2 is 2.18 bits per heavy atom. The minimum atomic E-state index is -1.17. The van der Waals surface area contributed by atoms with Crippen LogP contribution in [0.2, 0.25) is 0 Å². The largest absolute Gasteiger partial charge is 0.478 e. The average Bonchev–Trinajstić information content (AvgIpc) is 3.23. The van der Waals surface area contributed by atoms with E-state index in [0.717, 1.165) is 17.0 Å². The number of rotatable bonds is 4. The molecule has 6 nitrogen and oxygen atoms in total. The van der Waals surface area contributed by atoms with Crippen LogP contribution in [-0.4, -0.2) is 22.0 Å². The van der Waals surface area contributed by atoms with Gasteiger partial charge < -0.3 is 9.52 Å². The van der Waals surface area contributed by atoms with Crippen LogP contribution in [0.3, 0.4) is 0 Å². The molecule has 3 heterocycles. The fourth-order valence-electron chi connectivity index (χ4n) is 2.12. The molecule has 7 heteroatoms. The van der Waals surface area contributed by atoms with Gasteiger partial charge in [-0.25, -0.2) is 9.80 Å². The van der Waals surface area contributed by atoms with Gasteiger partial charge in [0.05, 0.1) is 12.0 Å². The Bertz CT molecular complexity index is 732. The zero-order valence-corrected chi connectivity index (χ0v) is 12.1. The molecule has 2 aromatic heterocycles. The molecule has 0 bridgehead atoms. The number of furan rings is 1. The van der Waals surface area contributed by atoms with Gasteiger partial charge in [-0.2, -0.15) is 0 Å². The summed E-state index contributed by atoms with van der Waals surface area (Å²) in [7, 11) is 0. The molecule has 0 unspecified atom stereocenters. The summed E-state index contributed by atoms with van der Waals surface area (Å²) in [6.45, 7) is 0. The molecular formula is C15H12N2O4S. The standard InChI is InChI=1S/C15H12N2O4S/c18-14(5-6-15(19)20)17-11(13-4-2-8-22-13)9-10(16-17)12-3-1-7-21-12/h1-9,11,16H,(H,19,20)/t11-/m1/s1. The van der Waals surface area contributed by atoms with Crippen LogP contribution in [0.15, 0.2) is 58.6 Å². The summed E-state index contributed by atoms with van der Waals surface area (Å²) in [5.74, 6) is -1.00. The first-order valence-electron chi connectivity index (χ1n) is 6.45. The summed E-state index contributed by atoms with van der Waals surface area (Å²) in [6.07, 6.45) is 5.26. The van der Waals surface area contributed by atoms with Crippen LogP contribution in [0, 0.1) is 0 Å². The van der Waals surface area contributed by atoms with E-state index in [2.05, 4.69) is 5.43 Å². The van der Waals surface area contributed by atoms with Gasteiger partial charge in [0.2, 0.25) is 0 Å². The number of aliphatic carboxylic acids is 1. The Labute approximate surface area is 129 Å². The van der Waals surface area contributed by atoms with Gasteiger partial charge in [-0.15, -0.1) is 11.3 Å². The van der Waals surface area contributed by atoms with Crippen LogP contribution in [0.5, 0.6) is 0 Å². The van der Waals surface area contributed by atoms with Gasteiger partial charge in [-0.3, -0.25) is 10.2 Å². The van der Waals surface area contributed by atoms with E-state index in [1.807, 2.05) is 23.6 Å². The molecular weight excluding hydrogens is 304 g/mol. The second-order valence-corrected chi connectivity index (χ2v) is 5.49. The molecule has 3 rings (SSSR count). The van der Waals surface area contributed by atoms with E-state index in [1.54, 1.807) is 18.4 Å². The van der Waals surface area contributed by atoms with E-state index in [1.165, 1.54) is 16.3 Å². The quantitative estimate of drug-likeness (QED) is 0.846. The monoisotopic (exact) mass is 316 g/mol. The molecule has 0 aromatic carbocycles. The smallest absolute Gasteiger partial charge is 0.328 e. The summed E-state index contributed by atoms with van der Waals surface area (Å²) in [5.41, 5.74) is 3.64. The lowest BCUT2D eigenvalue weighted by Gasteiger charge is -2.22. The molecule has 2 aromatic rings. The van der Waals surface area contributed by atoms with Crippen molar-refractivity contribution in [1.29, 1.82) is 0 Å². The number of thiophene rings is 1. The van der Waals surface area contributed by atoms with Crippen molar-refractivity contribution >= 4 is 28.9 Å². The molecule has 1 aliphatic heterocycles. The predicted octanol–water partition coefficient (Wildman–Crippen LogP) is 2.41. The van der Waals surface area contributed by atoms with Crippen molar-refractivity contribution in [3.05, 3.63) is 64.8 Å². The molecule has 1 amide bonds. The summed E-state index contributed by atoms with van der Waals surface area (Å²) in [6, 6.07) is 7.04. The Morgan fingerprint density at radius 3 is 2.82 bits per heavy atom. The third-order valence-electron chi connectivity index (χ3n) is 3.07. The maximum Gasteiger partial charge on any atom is 0.328 e. The highest BCUT2D eigenvalue weighted by atomic mass is 32.1. The normalized spacial score (nSPS) is 17.5. The number of amides is 1. The number of carboxylic acids is 1. The predicted molar refractivity (Wildman–Crippen MR) is 80.5 cm³/mol. The van der Waals surface area contributed by atoms with E-state index in [4.69, 9.17) is 9.52 Å². The van der Waals surface area contributed by atoms with E-state index in [9.17, 15) is 9.59 Å². The van der Waals surface area contributed by atoms with Crippen molar-refractivity contribution in [2.45, 2.75) is 6.04 Å². The van der Waals surface area contributed by atoms with Gasteiger partial charge >= 0.3 is 5.97 Å². The van der Waals surface area contributed by atoms with Crippen molar-refractivity contribution in [2.24, 2.45) is 0 Å². The van der Waals surface area contributed by atoms with Gasteiger partial charge in [-0.05, 0) is 29.7 Å². The summed E-state index contributed by atoms with van der Waals surface area (Å²) in [4.78, 5) is 23.8. The maximum absolute atomic E-state index is 12.2. The Hall–Kier alpha value is -2.80. The maximum atomic E-state index is 12.2. The molecule has 0 fully saturated rings. The van der Waals surface area contributed by atoms with Crippen LogP contribution in [0.25, 0.3) is 5.70 Å². The minimum absolute atomic E-state index is 0.314. The number of carboxylic acid groups (broad SMARTS) is 1. The molecule has 2 N–H and O–H groups in total. The van der Waals surface area contributed by atoms with E-state index >= 15 is 0 Å². The third-order valence-corrected chi connectivity index (χ3v) is 4.01. The van der Waals surface area contributed by atoms with Crippen molar-refractivity contribution in [3.63, 3.8) is 0 Å². The zero-order chi connectivity index (χ0) is 15.5. The van der Waals surface area contributed by atoms with Crippen LogP contribution in [0.4, 0.5) is 0 Å². The van der Waals surface area contributed by atoms with E-state index in [0.29, 0.717) is 11.5 Å². The van der Waals surface area contributed by atoms with Gasteiger partial charge in [0.25, 0.3) is 5.91 Å². The van der Waals surface area contributed by atoms with Crippen molar-refractivity contribution in [3.8, 4) is 0 Å². The van der Waals surface area contributed by atoms with E-state index < -0.39 is 11.9 Å². The Kier molecular flexibility index (Phi) is 3.80. The zero-order valence-electron chi connectivity index (χ0n) is 11.3. The number of nitrogens with one attached hydrogen (secondary N) is 1. The van der Waals surface area contributed by atoms with Gasteiger partial charge in [0, 0.05) is 17.0 Å². The van der Waals surface area contributed by atoms with Gasteiger partial charge in [0.15, 0.2) is 5.76 Å². The molecule has 22 heavy (non-hydrogen) atoms. The lowest BCUT2D eigenvalue weighted by molar-refractivity contribution is -0.133. The molecule has 1 atom stereocenters. The first kappa shape index (κ1) is 14.2. The number of nitrogens with zero attached hydrogens (tertiary/aromatic N) is 1. The first-order chi connectivity index (χ1) is 10.6. The van der Waals surface area contributed by atoms with Crippen molar-refractivity contribution in [1.82, 2.24) is 10.4 Å². The number of hydrogen-bond donors (Lipinski definition) is 2. The highest BCUT2D eigenvalue weighted by Gasteiger charge is 2.31. The highest BCUT2D eigenvalue weighted by Crippen LogP contribution is 2.33. The first-order valence-corrected chi connectivity index (χ1v) is 7.33. The summed E-state index contributed by atoms with van der Waals surface area (Å²) < 4.78 is 5.33. The second kappa shape index (κ2) is 5.90. The SMILES string of the molecule is O=C(O)C=CC(=O)N1NC(c2ccco2)=C[C@@H]1c1cccs1. The number of hydrogen-bond acceptors (Lipinski definition) is 5. The fraction of sp³-hybridized carbons (Fsp3) is 0.0667. The topological polar surface area (TPSA) is 82.8 Å². The molecule has 0 spiro atoms. The summed E-state index contributed by atoms with van der Waals surface area (Å²) >= 11 is 1.52. The van der Waals surface area contributed by atoms with Crippen LogP contribution in [0.1, 0.15) is 16.7 Å². The highest BCUT2D eigenvalue weighted by molar-refractivity contribution is 7.10. The number of carbonyl (C=O) groups excluding carboxylic acids is 1. The Morgan fingerprint density at radius 1 is 1.32 bits per heavy atom. The molecule has 1 aliphatic rings. The second-order valence-electron chi connectivity index (χ2n) is 4.51. The van der Waals surface area contributed by atoms with Crippen LogP contribution >= 0.6 is 11.3 Å². The van der Waals surface area contributed by atoms with E-state index in [-0.39, 0.29) is 6.04 Å². The summed E-state index contributed by atoms with van der Waals surface area (Å²) in [5, 5.41) is 12.0. The minimum Gasteiger partial charge on any atom is -0.478 e. The lowest BCUT2D eigenvalue weighted by Crippen LogP contribution is -2.38. The van der Waals surface area contributed by atoms with Crippen molar-refractivity contribution in [2.75, 3.05) is 0 Å². The van der Waals surface area contributed by atoms with Gasteiger partial charge in [0.1, 0.15) is 6.04 Å². The Balaban J connectivity index is 1.89. The third kappa shape index (κ3) is 2.79. The molecule has 0 radical (unpaired) electrons. The molecule has 112 valence electrons. The lowest BCUT2D eigenvalue weighted by atomic mass is 10.2. The number of hydrazine groups is 1. The molecule has 0 aliphatic carbocycles. The molecule has 0 saturated carbocycles. The molecule has 0 saturated heterocycles. The van der Waals surface area contributed by atoms with Crippen LogP contribution in [-0.2, 0) is 9.59 Å². The van der Waals surface area contributed by atoms with Crippen LogP contribution < -0.4 is 5.43 Å².